The molecule has 1 aliphatic heterocycles. The third-order valence-corrected chi connectivity index (χ3v) is 4.37. The van der Waals surface area contributed by atoms with Crippen LogP contribution in [0.4, 0.5) is 0 Å². The minimum atomic E-state index is -0.128. The molecule has 0 aliphatic carbocycles. The van der Waals surface area contributed by atoms with Crippen LogP contribution >= 0.6 is 0 Å². The zero-order valence-electron chi connectivity index (χ0n) is 13.5. The van der Waals surface area contributed by atoms with E-state index < -0.39 is 0 Å². The van der Waals surface area contributed by atoms with E-state index >= 15 is 0 Å². The van der Waals surface area contributed by atoms with Gasteiger partial charge in [0.25, 0.3) is 11.5 Å². The number of carbonyl (C=O) groups is 1. The summed E-state index contributed by atoms with van der Waals surface area (Å²) in [6, 6.07) is 5.40. The van der Waals surface area contributed by atoms with Crippen LogP contribution in [0.3, 0.4) is 0 Å². The Balaban J connectivity index is 1.73. The van der Waals surface area contributed by atoms with E-state index in [0.717, 1.165) is 19.4 Å². The van der Waals surface area contributed by atoms with Gasteiger partial charge in [-0.2, -0.15) is 0 Å². The van der Waals surface area contributed by atoms with Crippen molar-refractivity contribution in [1.29, 1.82) is 0 Å². The fourth-order valence-corrected chi connectivity index (χ4v) is 2.98. The lowest BCUT2D eigenvalue weighted by Crippen LogP contribution is -2.44. The fraction of sp³-hybridized carbons (Fsp3) is 0.471. The number of piperidine rings is 1. The molecule has 3 rings (SSSR count). The lowest BCUT2D eigenvalue weighted by molar-refractivity contribution is -0.136. The van der Waals surface area contributed by atoms with Gasteiger partial charge in [0.1, 0.15) is 5.75 Å². The van der Waals surface area contributed by atoms with Gasteiger partial charge in [0.2, 0.25) is 0 Å². The zero-order chi connectivity index (χ0) is 16.4. The fourth-order valence-electron chi connectivity index (χ4n) is 2.98. The maximum atomic E-state index is 12.3. The lowest BCUT2D eigenvalue weighted by Gasteiger charge is -2.33. The van der Waals surface area contributed by atoms with Gasteiger partial charge in [0, 0.05) is 19.6 Å². The van der Waals surface area contributed by atoms with Crippen LogP contribution in [-0.4, -0.2) is 39.6 Å². The number of likely N-dealkylation sites (tertiary alicyclic amines) is 1. The summed E-state index contributed by atoms with van der Waals surface area (Å²) in [5, 5.41) is 0.492. The molecule has 6 heteroatoms. The molecule has 0 spiro atoms. The number of hydrogen-bond acceptors (Lipinski definition) is 4. The van der Waals surface area contributed by atoms with E-state index in [9.17, 15) is 9.59 Å². The van der Waals surface area contributed by atoms with Crippen molar-refractivity contribution >= 4 is 16.8 Å². The van der Waals surface area contributed by atoms with Gasteiger partial charge in [-0.15, -0.1) is 0 Å². The predicted octanol–water partition coefficient (Wildman–Crippen LogP) is 1.71. The Kier molecular flexibility index (Phi) is 4.32. The molecular formula is C17H21N3O3. The van der Waals surface area contributed by atoms with E-state index in [1.54, 1.807) is 25.2 Å². The largest absolute Gasteiger partial charge is 0.484 e. The van der Waals surface area contributed by atoms with E-state index in [-0.39, 0.29) is 24.1 Å². The standard InChI is InChI=1S/C17H21N3O3/c1-12-5-3-4-8-20(12)16(21)10-23-13-6-7-15-14(9-13)17(22)19(2)11-18-15/h6-7,9,11-12H,3-5,8,10H2,1-2H3. The molecule has 1 aliphatic rings. The molecule has 1 unspecified atom stereocenters. The molecule has 0 radical (unpaired) electrons. The van der Waals surface area contributed by atoms with Crippen LogP contribution < -0.4 is 10.3 Å². The third kappa shape index (κ3) is 3.21. The Bertz CT molecular complexity index is 784. The molecule has 2 aromatic rings. The Morgan fingerprint density at radius 1 is 1.39 bits per heavy atom. The van der Waals surface area contributed by atoms with Gasteiger partial charge >= 0.3 is 0 Å². The van der Waals surface area contributed by atoms with Gasteiger partial charge in [0.15, 0.2) is 6.61 Å². The van der Waals surface area contributed by atoms with Gasteiger partial charge in [0.05, 0.1) is 17.2 Å². The van der Waals surface area contributed by atoms with Crippen molar-refractivity contribution < 1.29 is 9.53 Å². The smallest absolute Gasteiger partial charge is 0.261 e. The van der Waals surface area contributed by atoms with Crippen LogP contribution in [0, 0.1) is 0 Å². The molecular weight excluding hydrogens is 294 g/mol. The number of hydrogen-bond donors (Lipinski definition) is 0. The maximum absolute atomic E-state index is 12.3. The van der Waals surface area contributed by atoms with Crippen molar-refractivity contribution in [3.8, 4) is 5.75 Å². The second-order valence-corrected chi connectivity index (χ2v) is 6.06. The minimum Gasteiger partial charge on any atom is -0.484 e. The molecule has 1 amide bonds. The van der Waals surface area contributed by atoms with E-state index in [2.05, 4.69) is 11.9 Å². The highest BCUT2D eigenvalue weighted by atomic mass is 16.5. The van der Waals surface area contributed by atoms with Crippen LogP contribution in [0.5, 0.6) is 5.75 Å². The molecule has 23 heavy (non-hydrogen) atoms. The van der Waals surface area contributed by atoms with Gasteiger partial charge in [-0.05, 0) is 44.4 Å². The van der Waals surface area contributed by atoms with Crippen LogP contribution in [-0.2, 0) is 11.8 Å². The van der Waals surface area contributed by atoms with Crippen LogP contribution in [0.1, 0.15) is 26.2 Å². The summed E-state index contributed by atoms with van der Waals surface area (Å²) < 4.78 is 7.03. The Morgan fingerprint density at radius 3 is 3.00 bits per heavy atom. The first-order chi connectivity index (χ1) is 11.1. The van der Waals surface area contributed by atoms with Gasteiger partial charge in [-0.25, -0.2) is 4.98 Å². The molecule has 0 bridgehead atoms. The molecule has 1 aromatic heterocycles. The Morgan fingerprint density at radius 2 is 2.22 bits per heavy atom. The lowest BCUT2D eigenvalue weighted by atomic mass is 10.0. The quantitative estimate of drug-likeness (QED) is 0.865. The molecule has 1 atom stereocenters. The normalized spacial score (nSPS) is 18.2. The minimum absolute atomic E-state index is 0.00335. The number of rotatable bonds is 3. The zero-order valence-corrected chi connectivity index (χ0v) is 13.5. The average Bonchev–Trinajstić information content (AvgIpc) is 2.56. The Hall–Kier alpha value is -2.37. The summed E-state index contributed by atoms with van der Waals surface area (Å²) >= 11 is 0. The summed E-state index contributed by atoms with van der Waals surface area (Å²) in [5.74, 6) is 0.511. The first kappa shape index (κ1) is 15.5. The first-order valence-electron chi connectivity index (χ1n) is 7.94. The topological polar surface area (TPSA) is 64.4 Å². The molecule has 0 N–H and O–H groups in total. The third-order valence-electron chi connectivity index (χ3n) is 4.37. The average molecular weight is 315 g/mol. The van der Waals surface area contributed by atoms with Gasteiger partial charge in [-0.3, -0.25) is 9.59 Å². The van der Waals surface area contributed by atoms with Crippen LogP contribution in [0.25, 0.3) is 10.9 Å². The summed E-state index contributed by atoms with van der Waals surface area (Å²) in [6.45, 7) is 2.87. The van der Waals surface area contributed by atoms with Crippen molar-refractivity contribution in [2.24, 2.45) is 7.05 Å². The SMILES string of the molecule is CC1CCCCN1C(=O)COc1ccc2ncn(C)c(=O)c2c1. The van der Waals surface area contributed by atoms with Crippen LogP contribution in [0.2, 0.25) is 0 Å². The number of nitrogens with zero attached hydrogens (tertiary/aromatic N) is 3. The van der Waals surface area contributed by atoms with E-state index in [1.165, 1.54) is 17.3 Å². The highest BCUT2D eigenvalue weighted by molar-refractivity contribution is 5.80. The number of benzene rings is 1. The summed E-state index contributed by atoms with van der Waals surface area (Å²) in [5.41, 5.74) is 0.493. The van der Waals surface area contributed by atoms with Crippen molar-refractivity contribution in [2.45, 2.75) is 32.2 Å². The van der Waals surface area contributed by atoms with Crippen molar-refractivity contribution in [1.82, 2.24) is 14.5 Å². The summed E-state index contributed by atoms with van der Waals surface area (Å²) in [7, 11) is 1.66. The maximum Gasteiger partial charge on any atom is 0.261 e. The van der Waals surface area contributed by atoms with Crippen molar-refractivity contribution in [3.63, 3.8) is 0 Å². The summed E-state index contributed by atoms with van der Waals surface area (Å²) in [6.07, 6.45) is 4.76. The molecule has 6 nitrogen and oxygen atoms in total. The summed E-state index contributed by atoms with van der Waals surface area (Å²) in [4.78, 5) is 30.5. The molecule has 1 aromatic carbocycles. The number of aromatic nitrogens is 2. The monoisotopic (exact) mass is 315 g/mol. The van der Waals surface area contributed by atoms with Gasteiger partial charge < -0.3 is 14.2 Å². The van der Waals surface area contributed by atoms with Crippen LogP contribution in [0.15, 0.2) is 29.3 Å². The van der Waals surface area contributed by atoms with Gasteiger partial charge in [-0.1, -0.05) is 0 Å². The Labute approximate surface area is 134 Å². The number of aryl methyl sites for hydroxylation is 1. The highest BCUT2D eigenvalue weighted by Gasteiger charge is 2.23. The first-order valence-corrected chi connectivity index (χ1v) is 7.94. The number of ether oxygens (including phenoxy) is 1. The van der Waals surface area contributed by atoms with Crippen molar-refractivity contribution in [2.75, 3.05) is 13.2 Å². The van der Waals surface area contributed by atoms with E-state index in [4.69, 9.17) is 4.74 Å². The molecule has 1 saturated heterocycles. The molecule has 122 valence electrons. The van der Waals surface area contributed by atoms with E-state index in [0.29, 0.717) is 16.7 Å². The predicted molar refractivity (Wildman–Crippen MR) is 87.5 cm³/mol. The second-order valence-electron chi connectivity index (χ2n) is 6.06. The molecule has 0 saturated carbocycles. The number of amides is 1. The highest BCUT2D eigenvalue weighted by Crippen LogP contribution is 2.19. The number of carbonyl (C=O) groups excluding carboxylic acids is 1. The number of fused-ring (bicyclic) bond motifs is 1. The van der Waals surface area contributed by atoms with E-state index in [1.807, 2.05) is 4.90 Å². The van der Waals surface area contributed by atoms with Crippen molar-refractivity contribution in [3.05, 3.63) is 34.9 Å². The molecule has 2 heterocycles. The molecule has 1 fully saturated rings. The second kappa shape index (κ2) is 6.40.